The van der Waals surface area contributed by atoms with Crippen LogP contribution >= 0.6 is 0 Å². The highest BCUT2D eigenvalue weighted by Gasteiger charge is 2.29. The van der Waals surface area contributed by atoms with E-state index < -0.39 is 5.97 Å². The van der Waals surface area contributed by atoms with Crippen molar-refractivity contribution < 1.29 is 14.7 Å². The number of hydrogen-bond acceptors (Lipinski definition) is 3. The predicted molar refractivity (Wildman–Crippen MR) is 68.9 cm³/mol. The molecule has 1 fully saturated rings. The fraction of sp³-hybridized carbons (Fsp3) is 0.846. The zero-order chi connectivity index (χ0) is 13.5. The fourth-order valence-corrected chi connectivity index (χ4v) is 2.61. The maximum atomic E-state index is 12.0. The molecule has 1 saturated carbocycles. The normalized spacial score (nSPS) is 25.4. The number of rotatable bonds is 6. The lowest BCUT2D eigenvalue weighted by atomic mass is 9.78. The van der Waals surface area contributed by atoms with E-state index >= 15 is 0 Å². The summed E-state index contributed by atoms with van der Waals surface area (Å²) in [4.78, 5) is 22.6. The molecule has 0 aliphatic heterocycles. The third-order valence-corrected chi connectivity index (χ3v) is 3.70. The van der Waals surface area contributed by atoms with Crippen LogP contribution in [0.2, 0.25) is 0 Å². The van der Waals surface area contributed by atoms with E-state index in [4.69, 9.17) is 10.8 Å². The summed E-state index contributed by atoms with van der Waals surface area (Å²) in [5.74, 6) is -0.516. The van der Waals surface area contributed by atoms with E-state index in [1.165, 1.54) is 0 Å². The van der Waals surface area contributed by atoms with E-state index in [9.17, 15) is 9.59 Å². The first kappa shape index (κ1) is 15.0. The van der Waals surface area contributed by atoms with Crippen molar-refractivity contribution in [1.29, 1.82) is 0 Å². The first-order valence-electron chi connectivity index (χ1n) is 6.74. The van der Waals surface area contributed by atoms with E-state index in [0.717, 1.165) is 25.7 Å². The van der Waals surface area contributed by atoms with Crippen molar-refractivity contribution in [1.82, 2.24) is 5.32 Å². The van der Waals surface area contributed by atoms with Gasteiger partial charge in [0.25, 0.3) is 0 Å². The SMILES string of the molecule is CC(CNC(=O)C1CCCCC1CN)CC(=O)O. The summed E-state index contributed by atoms with van der Waals surface area (Å²) in [6.07, 6.45) is 4.26. The first-order chi connectivity index (χ1) is 8.54. The zero-order valence-electron chi connectivity index (χ0n) is 11.0. The number of hydrogen-bond donors (Lipinski definition) is 3. The molecule has 1 amide bonds. The van der Waals surface area contributed by atoms with E-state index in [0.29, 0.717) is 13.1 Å². The Morgan fingerprint density at radius 2 is 2.06 bits per heavy atom. The monoisotopic (exact) mass is 256 g/mol. The van der Waals surface area contributed by atoms with Gasteiger partial charge in [-0.3, -0.25) is 9.59 Å². The van der Waals surface area contributed by atoms with Gasteiger partial charge in [-0.15, -0.1) is 0 Å². The highest BCUT2D eigenvalue weighted by molar-refractivity contribution is 5.79. The number of carbonyl (C=O) groups is 2. The van der Waals surface area contributed by atoms with Gasteiger partial charge in [0.2, 0.25) is 5.91 Å². The molecular formula is C13H24N2O3. The van der Waals surface area contributed by atoms with Crippen molar-refractivity contribution in [3.63, 3.8) is 0 Å². The van der Waals surface area contributed by atoms with Crippen molar-refractivity contribution in [3.8, 4) is 0 Å². The minimum absolute atomic E-state index is 0.0146. The highest BCUT2D eigenvalue weighted by Crippen LogP contribution is 2.29. The van der Waals surface area contributed by atoms with Crippen LogP contribution in [0.3, 0.4) is 0 Å². The highest BCUT2D eigenvalue weighted by atomic mass is 16.4. The molecule has 104 valence electrons. The summed E-state index contributed by atoms with van der Waals surface area (Å²) in [5.41, 5.74) is 5.70. The molecule has 5 heteroatoms. The van der Waals surface area contributed by atoms with Gasteiger partial charge in [-0.2, -0.15) is 0 Å². The van der Waals surface area contributed by atoms with Crippen LogP contribution in [-0.2, 0) is 9.59 Å². The van der Waals surface area contributed by atoms with Crippen molar-refractivity contribution in [2.24, 2.45) is 23.5 Å². The van der Waals surface area contributed by atoms with Gasteiger partial charge in [0.05, 0.1) is 0 Å². The summed E-state index contributed by atoms with van der Waals surface area (Å²) in [7, 11) is 0. The van der Waals surface area contributed by atoms with Crippen molar-refractivity contribution in [2.75, 3.05) is 13.1 Å². The molecule has 4 N–H and O–H groups in total. The number of amides is 1. The molecule has 0 bridgehead atoms. The number of aliphatic carboxylic acids is 1. The van der Waals surface area contributed by atoms with Gasteiger partial charge >= 0.3 is 5.97 Å². The van der Waals surface area contributed by atoms with Crippen molar-refractivity contribution >= 4 is 11.9 Å². The molecule has 18 heavy (non-hydrogen) atoms. The summed E-state index contributed by atoms with van der Waals surface area (Å²) in [6, 6.07) is 0. The van der Waals surface area contributed by atoms with Gasteiger partial charge in [-0.1, -0.05) is 19.8 Å². The van der Waals surface area contributed by atoms with E-state index in [2.05, 4.69) is 5.32 Å². The van der Waals surface area contributed by atoms with Crippen LogP contribution < -0.4 is 11.1 Å². The van der Waals surface area contributed by atoms with Crippen LogP contribution in [0, 0.1) is 17.8 Å². The molecule has 0 aromatic rings. The lowest BCUT2D eigenvalue weighted by Gasteiger charge is -2.29. The Bertz CT molecular complexity index is 294. The summed E-state index contributed by atoms with van der Waals surface area (Å²) in [6.45, 7) is 2.82. The summed E-state index contributed by atoms with van der Waals surface area (Å²) < 4.78 is 0. The predicted octanol–water partition coefficient (Wildman–Crippen LogP) is 0.979. The molecule has 1 rings (SSSR count). The van der Waals surface area contributed by atoms with Gasteiger partial charge < -0.3 is 16.2 Å². The maximum absolute atomic E-state index is 12.0. The molecule has 0 heterocycles. The number of nitrogens with one attached hydrogen (secondary N) is 1. The average molecular weight is 256 g/mol. The Morgan fingerprint density at radius 1 is 1.39 bits per heavy atom. The molecule has 1 aliphatic rings. The molecule has 5 nitrogen and oxygen atoms in total. The van der Waals surface area contributed by atoms with Gasteiger partial charge in [0.1, 0.15) is 0 Å². The smallest absolute Gasteiger partial charge is 0.303 e. The molecule has 3 unspecified atom stereocenters. The molecule has 1 aliphatic carbocycles. The van der Waals surface area contributed by atoms with E-state index in [1.807, 2.05) is 6.92 Å². The molecule has 0 saturated heterocycles. The van der Waals surface area contributed by atoms with Gasteiger partial charge in [0, 0.05) is 18.9 Å². The molecule has 0 spiro atoms. The number of carboxylic acids is 1. The van der Waals surface area contributed by atoms with Crippen molar-refractivity contribution in [2.45, 2.75) is 39.0 Å². The Kier molecular flexibility index (Phi) is 6.12. The van der Waals surface area contributed by atoms with Gasteiger partial charge in [-0.25, -0.2) is 0 Å². The summed E-state index contributed by atoms with van der Waals surface area (Å²) >= 11 is 0. The van der Waals surface area contributed by atoms with Crippen LogP contribution in [0.5, 0.6) is 0 Å². The molecule has 0 radical (unpaired) electrons. The molecule has 3 atom stereocenters. The van der Waals surface area contributed by atoms with Crippen LogP contribution in [-0.4, -0.2) is 30.1 Å². The number of carboxylic acid groups (broad SMARTS) is 1. The molecular weight excluding hydrogens is 232 g/mol. The molecule has 0 aromatic heterocycles. The lowest BCUT2D eigenvalue weighted by Crippen LogP contribution is -2.41. The number of carbonyl (C=O) groups excluding carboxylic acids is 1. The minimum Gasteiger partial charge on any atom is -0.481 e. The number of nitrogens with two attached hydrogens (primary N) is 1. The van der Waals surface area contributed by atoms with Crippen molar-refractivity contribution in [3.05, 3.63) is 0 Å². The van der Waals surface area contributed by atoms with Crippen LogP contribution in [0.1, 0.15) is 39.0 Å². The first-order valence-corrected chi connectivity index (χ1v) is 6.74. The van der Waals surface area contributed by atoms with Crippen LogP contribution in [0.4, 0.5) is 0 Å². The maximum Gasteiger partial charge on any atom is 0.303 e. The van der Waals surface area contributed by atoms with E-state index in [-0.39, 0.29) is 30.1 Å². The largest absolute Gasteiger partial charge is 0.481 e. The lowest BCUT2D eigenvalue weighted by molar-refractivity contribution is -0.138. The fourth-order valence-electron chi connectivity index (χ4n) is 2.61. The molecule has 0 aromatic carbocycles. The van der Waals surface area contributed by atoms with Gasteiger partial charge in [-0.05, 0) is 31.2 Å². The quantitative estimate of drug-likeness (QED) is 0.660. The Labute approximate surface area is 108 Å². The van der Waals surface area contributed by atoms with Crippen LogP contribution in [0.15, 0.2) is 0 Å². The second-order valence-electron chi connectivity index (χ2n) is 5.33. The Morgan fingerprint density at radius 3 is 2.67 bits per heavy atom. The topological polar surface area (TPSA) is 92.4 Å². The van der Waals surface area contributed by atoms with E-state index in [1.54, 1.807) is 0 Å². The van der Waals surface area contributed by atoms with Crippen LogP contribution in [0.25, 0.3) is 0 Å². The summed E-state index contributed by atoms with van der Waals surface area (Å²) in [5, 5.41) is 11.5. The zero-order valence-corrected chi connectivity index (χ0v) is 11.0. The third-order valence-electron chi connectivity index (χ3n) is 3.70. The second kappa shape index (κ2) is 7.36. The second-order valence-corrected chi connectivity index (χ2v) is 5.33. The standard InChI is InChI=1S/C13H24N2O3/c1-9(6-12(16)17)8-15-13(18)11-5-3-2-4-10(11)7-14/h9-11H,2-8,14H2,1H3,(H,15,18)(H,16,17). The Hall–Kier alpha value is -1.10. The van der Waals surface area contributed by atoms with Gasteiger partial charge in [0.15, 0.2) is 0 Å². The minimum atomic E-state index is -0.825. The Balaban J connectivity index is 2.36. The third kappa shape index (κ3) is 4.64. The average Bonchev–Trinajstić information content (AvgIpc) is 2.35.